The molecule has 0 bridgehead atoms. The van der Waals surface area contributed by atoms with E-state index in [-0.39, 0.29) is 18.8 Å². The smallest absolute Gasteiger partial charge is 0.142 e. The maximum atomic E-state index is 10.1. The SMILES string of the molecule is C=C/C=C(/C#Cc1ccc(CN2CC(O)C2)nc1)C(CON=C)n1ccnc1[C@H](C)O. The van der Waals surface area contributed by atoms with Crippen LogP contribution in [-0.2, 0) is 11.4 Å². The lowest BCUT2D eigenvalue weighted by Gasteiger charge is -2.35. The molecule has 2 N–H and O–H groups in total. The highest BCUT2D eigenvalue weighted by atomic mass is 16.6. The highest BCUT2D eigenvalue weighted by Crippen LogP contribution is 2.23. The van der Waals surface area contributed by atoms with Crippen LogP contribution in [0.25, 0.3) is 0 Å². The molecule has 0 amide bonds. The van der Waals surface area contributed by atoms with E-state index in [9.17, 15) is 10.2 Å². The molecule has 0 radical (unpaired) electrons. The predicted molar refractivity (Wildman–Crippen MR) is 118 cm³/mol. The van der Waals surface area contributed by atoms with Gasteiger partial charge in [-0.1, -0.05) is 24.5 Å². The molecule has 1 aliphatic rings. The first kappa shape index (κ1) is 22.4. The van der Waals surface area contributed by atoms with Gasteiger partial charge < -0.3 is 19.6 Å². The fraction of sp³-hybridized carbons (Fsp3) is 0.348. The molecule has 31 heavy (non-hydrogen) atoms. The van der Waals surface area contributed by atoms with Gasteiger partial charge in [0.2, 0.25) is 0 Å². The van der Waals surface area contributed by atoms with Crippen molar-refractivity contribution in [3.63, 3.8) is 0 Å². The van der Waals surface area contributed by atoms with Crippen molar-refractivity contribution in [3.05, 3.63) is 72.1 Å². The number of imidazole rings is 1. The number of hydrogen-bond donors (Lipinski definition) is 2. The Morgan fingerprint density at radius 2 is 2.23 bits per heavy atom. The third-order valence-electron chi connectivity index (χ3n) is 4.89. The molecule has 0 saturated carbocycles. The minimum Gasteiger partial charge on any atom is -0.394 e. The van der Waals surface area contributed by atoms with Crippen LogP contribution in [0.2, 0.25) is 0 Å². The average molecular weight is 422 g/mol. The molecule has 1 fully saturated rings. The summed E-state index contributed by atoms with van der Waals surface area (Å²) in [5.41, 5.74) is 2.42. The van der Waals surface area contributed by atoms with Crippen molar-refractivity contribution in [2.24, 2.45) is 5.16 Å². The average Bonchev–Trinajstić information content (AvgIpc) is 3.22. The molecule has 8 heteroatoms. The topological polar surface area (TPSA) is 96.0 Å². The van der Waals surface area contributed by atoms with E-state index in [2.05, 4.69) is 45.2 Å². The number of aromatic nitrogens is 3. The zero-order valence-corrected chi connectivity index (χ0v) is 17.6. The van der Waals surface area contributed by atoms with Gasteiger partial charge in [0.05, 0.1) is 11.8 Å². The molecule has 0 spiro atoms. The molecule has 2 atom stereocenters. The second-order valence-corrected chi connectivity index (χ2v) is 7.30. The standard InChI is InChI=1S/C23H27N5O3/c1-4-5-19(22(16-31-24-3)28-11-10-25-23(28)17(2)29)8-6-18-7-9-20(26-12-18)13-27-14-21(30)15-27/h4-5,7,9-12,17,21-22,29-30H,1,3,13-16H2,2H3/b19-5-/t17-,22?/m0/s1. The molecular formula is C23H27N5O3. The molecule has 0 aliphatic carbocycles. The van der Waals surface area contributed by atoms with Crippen LogP contribution in [0.4, 0.5) is 0 Å². The van der Waals surface area contributed by atoms with E-state index < -0.39 is 6.10 Å². The summed E-state index contributed by atoms with van der Waals surface area (Å²) in [4.78, 5) is 16.1. The Bertz CT molecular complexity index is 979. The second kappa shape index (κ2) is 10.7. The van der Waals surface area contributed by atoms with Gasteiger partial charge in [-0.25, -0.2) is 4.98 Å². The van der Waals surface area contributed by atoms with Gasteiger partial charge in [-0.2, -0.15) is 0 Å². The van der Waals surface area contributed by atoms with Crippen LogP contribution in [0.1, 0.15) is 36.2 Å². The number of pyridine rings is 1. The lowest BCUT2D eigenvalue weighted by atomic mass is 10.1. The summed E-state index contributed by atoms with van der Waals surface area (Å²) >= 11 is 0. The quantitative estimate of drug-likeness (QED) is 0.278. The number of β-amino-alcohol motifs (C(OH)–C–C–N with tert-alkyl or cyclic N) is 1. The Morgan fingerprint density at radius 3 is 2.84 bits per heavy atom. The van der Waals surface area contributed by atoms with Crippen LogP contribution in [0, 0.1) is 11.8 Å². The van der Waals surface area contributed by atoms with Gasteiger partial charge in [0, 0.05) is 56.1 Å². The Kier molecular flexibility index (Phi) is 7.73. The molecule has 3 rings (SSSR count). The normalized spacial score (nSPS) is 16.5. The first-order chi connectivity index (χ1) is 15.0. The number of nitrogens with zero attached hydrogens (tertiary/aromatic N) is 5. The van der Waals surface area contributed by atoms with Gasteiger partial charge in [0.15, 0.2) is 0 Å². The number of allylic oxidation sites excluding steroid dienone is 2. The molecule has 8 nitrogen and oxygen atoms in total. The van der Waals surface area contributed by atoms with Crippen LogP contribution >= 0.6 is 0 Å². The molecular weight excluding hydrogens is 394 g/mol. The highest BCUT2D eigenvalue weighted by molar-refractivity contribution is 5.43. The van der Waals surface area contributed by atoms with Crippen LogP contribution in [0.3, 0.4) is 0 Å². The monoisotopic (exact) mass is 421 g/mol. The first-order valence-electron chi connectivity index (χ1n) is 10.0. The van der Waals surface area contributed by atoms with Gasteiger partial charge in [0.1, 0.15) is 24.6 Å². The maximum absolute atomic E-state index is 10.1. The number of rotatable bonds is 9. The van der Waals surface area contributed by atoms with E-state index in [1.165, 1.54) is 0 Å². The van der Waals surface area contributed by atoms with E-state index >= 15 is 0 Å². The first-order valence-corrected chi connectivity index (χ1v) is 10.0. The number of aliphatic hydroxyl groups is 2. The fourth-order valence-corrected chi connectivity index (χ4v) is 3.36. The number of aliphatic hydroxyl groups excluding tert-OH is 2. The van der Waals surface area contributed by atoms with Gasteiger partial charge in [-0.05, 0) is 25.1 Å². The van der Waals surface area contributed by atoms with Gasteiger partial charge in [0.25, 0.3) is 0 Å². The van der Waals surface area contributed by atoms with E-state index in [1.807, 2.05) is 16.7 Å². The summed E-state index contributed by atoms with van der Waals surface area (Å²) in [7, 11) is 0. The molecule has 1 unspecified atom stereocenters. The van der Waals surface area contributed by atoms with Crippen molar-refractivity contribution in [2.75, 3.05) is 19.7 Å². The van der Waals surface area contributed by atoms with Gasteiger partial charge >= 0.3 is 0 Å². The molecule has 3 heterocycles. The minimum absolute atomic E-state index is 0.173. The van der Waals surface area contributed by atoms with E-state index in [1.54, 1.807) is 37.7 Å². The summed E-state index contributed by atoms with van der Waals surface area (Å²) in [6.45, 7) is 11.1. The summed E-state index contributed by atoms with van der Waals surface area (Å²) in [6.07, 6.45) is 7.59. The number of hydrogen-bond acceptors (Lipinski definition) is 7. The molecule has 162 valence electrons. The Balaban J connectivity index is 1.81. The maximum Gasteiger partial charge on any atom is 0.142 e. The van der Waals surface area contributed by atoms with Crippen molar-refractivity contribution in [3.8, 4) is 11.8 Å². The van der Waals surface area contributed by atoms with Crippen LogP contribution in [-0.4, -0.2) is 62.2 Å². The highest BCUT2D eigenvalue weighted by Gasteiger charge is 2.24. The summed E-state index contributed by atoms with van der Waals surface area (Å²) in [5, 5.41) is 22.9. The Labute approximate surface area is 182 Å². The third-order valence-corrected chi connectivity index (χ3v) is 4.89. The van der Waals surface area contributed by atoms with E-state index in [0.717, 1.165) is 16.8 Å². The lowest BCUT2D eigenvalue weighted by Crippen LogP contribution is -2.49. The molecule has 0 aromatic carbocycles. The predicted octanol–water partition coefficient (Wildman–Crippen LogP) is 1.85. The largest absolute Gasteiger partial charge is 0.394 e. The minimum atomic E-state index is -0.753. The number of oxime groups is 1. The summed E-state index contributed by atoms with van der Waals surface area (Å²) in [5.74, 6) is 6.80. The van der Waals surface area contributed by atoms with Crippen LogP contribution < -0.4 is 0 Å². The van der Waals surface area contributed by atoms with Crippen molar-refractivity contribution >= 4 is 6.72 Å². The third kappa shape index (κ3) is 5.89. The molecule has 2 aromatic rings. The zero-order valence-electron chi connectivity index (χ0n) is 17.6. The molecule has 2 aromatic heterocycles. The van der Waals surface area contributed by atoms with Crippen LogP contribution in [0.15, 0.2) is 60.2 Å². The van der Waals surface area contributed by atoms with Crippen molar-refractivity contribution in [2.45, 2.75) is 31.7 Å². The Hall–Kier alpha value is -3.25. The molecule has 1 saturated heterocycles. The van der Waals surface area contributed by atoms with Crippen molar-refractivity contribution < 1.29 is 15.1 Å². The van der Waals surface area contributed by atoms with Crippen molar-refractivity contribution in [1.82, 2.24) is 19.4 Å². The summed E-state index contributed by atoms with van der Waals surface area (Å²) in [6, 6.07) is 3.50. The lowest BCUT2D eigenvalue weighted by molar-refractivity contribution is -0.00354. The Morgan fingerprint density at radius 1 is 1.42 bits per heavy atom. The zero-order chi connectivity index (χ0) is 22.2. The fourth-order valence-electron chi connectivity index (χ4n) is 3.36. The van der Waals surface area contributed by atoms with Gasteiger partial charge in [-0.15, -0.1) is 5.16 Å². The van der Waals surface area contributed by atoms with Gasteiger partial charge in [-0.3, -0.25) is 9.88 Å². The molecule has 1 aliphatic heterocycles. The summed E-state index contributed by atoms with van der Waals surface area (Å²) < 4.78 is 1.81. The second-order valence-electron chi connectivity index (χ2n) is 7.30. The number of likely N-dealkylation sites (tertiary alicyclic amines) is 1. The van der Waals surface area contributed by atoms with E-state index in [4.69, 9.17) is 4.84 Å². The van der Waals surface area contributed by atoms with Crippen molar-refractivity contribution in [1.29, 1.82) is 0 Å². The van der Waals surface area contributed by atoms with Crippen LogP contribution in [0.5, 0.6) is 0 Å². The van der Waals surface area contributed by atoms with E-state index in [0.29, 0.717) is 25.5 Å².